The molecule has 2 bridgehead atoms. The third-order valence-corrected chi connectivity index (χ3v) is 5.68. The molecule has 2 amide bonds. The summed E-state index contributed by atoms with van der Waals surface area (Å²) in [5.74, 6) is -0.403. The second-order valence-electron chi connectivity index (χ2n) is 7.64. The average Bonchev–Trinajstić information content (AvgIpc) is 2.93. The van der Waals surface area contributed by atoms with Crippen molar-refractivity contribution in [3.05, 3.63) is 41.3 Å². The van der Waals surface area contributed by atoms with Crippen LogP contribution in [0.1, 0.15) is 42.2 Å². The van der Waals surface area contributed by atoms with Gasteiger partial charge < -0.3 is 9.80 Å². The van der Waals surface area contributed by atoms with Crippen molar-refractivity contribution >= 4 is 22.7 Å². The van der Waals surface area contributed by atoms with Gasteiger partial charge in [-0.1, -0.05) is 6.92 Å². The molecule has 3 aliphatic rings. The van der Waals surface area contributed by atoms with Crippen LogP contribution >= 0.6 is 0 Å². The highest BCUT2D eigenvalue weighted by Gasteiger charge is 2.41. The van der Waals surface area contributed by atoms with Gasteiger partial charge in [-0.05, 0) is 44.4 Å². The monoisotopic (exact) mass is 369 g/mol. The Balaban J connectivity index is 1.70. The minimum absolute atomic E-state index is 0.0896. The minimum Gasteiger partial charge on any atom is -0.338 e. The second kappa shape index (κ2) is 6.91. The summed E-state index contributed by atoms with van der Waals surface area (Å²) < 4.78 is 13.6. The summed E-state index contributed by atoms with van der Waals surface area (Å²) in [6.45, 7) is 5.64. The molecule has 0 radical (unpaired) electrons. The van der Waals surface area contributed by atoms with Gasteiger partial charge in [0.15, 0.2) is 0 Å². The average molecular weight is 369 g/mol. The van der Waals surface area contributed by atoms with Gasteiger partial charge in [0.05, 0.1) is 17.0 Å². The highest BCUT2D eigenvalue weighted by atomic mass is 19.1. The first-order chi connectivity index (χ1) is 13.0. The second-order valence-corrected chi connectivity index (χ2v) is 7.64. The molecule has 1 aromatic heterocycles. The molecule has 3 aliphatic heterocycles. The number of pyridine rings is 1. The number of hydrogen-bond acceptors (Lipinski definition) is 3. The van der Waals surface area contributed by atoms with E-state index in [9.17, 15) is 14.0 Å². The molecule has 3 saturated heterocycles. The fourth-order valence-electron chi connectivity index (χ4n) is 4.42. The number of rotatable bonds is 3. The number of nitrogens with zero attached hydrogens (tertiary/aromatic N) is 3. The van der Waals surface area contributed by atoms with Crippen LogP contribution in [-0.2, 0) is 4.79 Å². The summed E-state index contributed by atoms with van der Waals surface area (Å²) in [7, 11) is 0. The topological polar surface area (TPSA) is 53.5 Å². The molecule has 0 aliphatic carbocycles. The van der Waals surface area contributed by atoms with Crippen molar-refractivity contribution in [3.63, 3.8) is 0 Å². The van der Waals surface area contributed by atoms with E-state index in [2.05, 4.69) is 11.9 Å². The Morgan fingerprint density at radius 3 is 2.85 bits per heavy atom. The van der Waals surface area contributed by atoms with E-state index >= 15 is 0 Å². The van der Waals surface area contributed by atoms with Gasteiger partial charge in [-0.15, -0.1) is 0 Å². The summed E-state index contributed by atoms with van der Waals surface area (Å²) in [4.78, 5) is 34.2. The molecule has 0 saturated carbocycles. The van der Waals surface area contributed by atoms with Crippen molar-refractivity contribution in [2.75, 3.05) is 19.6 Å². The minimum atomic E-state index is -0.368. The quantitative estimate of drug-likeness (QED) is 0.835. The smallest absolute Gasteiger partial charge is 0.254 e. The molecule has 2 atom stereocenters. The van der Waals surface area contributed by atoms with E-state index in [1.54, 1.807) is 19.1 Å². The predicted molar refractivity (Wildman–Crippen MR) is 101 cm³/mol. The Kier molecular flexibility index (Phi) is 4.58. The molecular weight excluding hydrogens is 345 g/mol. The SMILES string of the molecule is CCCN1C(=O)[C@@H]2CC[C@H]1CN(C(=O)c1cc(C)nc3cc(F)ccc13)C2. The lowest BCUT2D eigenvalue weighted by Crippen LogP contribution is -2.48. The number of amides is 2. The molecule has 142 valence electrons. The van der Waals surface area contributed by atoms with E-state index < -0.39 is 0 Å². The highest BCUT2D eigenvalue weighted by molar-refractivity contribution is 6.06. The van der Waals surface area contributed by atoms with Gasteiger partial charge in [0.1, 0.15) is 5.82 Å². The molecule has 5 rings (SSSR count). The van der Waals surface area contributed by atoms with Gasteiger partial charge >= 0.3 is 0 Å². The Hall–Kier alpha value is -2.50. The van der Waals surface area contributed by atoms with Gasteiger partial charge in [0.25, 0.3) is 5.91 Å². The fourth-order valence-corrected chi connectivity index (χ4v) is 4.42. The van der Waals surface area contributed by atoms with Crippen LogP contribution in [0.3, 0.4) is 0 Å². The van der Waals surface area contributed by atoms with Crippen LogP contribution in [0.4, 0.5) is 4.39 Å². The Morgan fingerprint density at radius 2 is 2.07 bits per heavy atom. The normalized spacial score (nSPS) is 22.4. The Labute approximate surface area is 158 Å². The van der Waals surface area contributed by atoms with Crippen molar-refractivity contribution in [1.82, 2.24) is 14.8 Å². The fraction of sp³-hybridized carbons (Fsp3) is 0.476. The number of aryl methyl sites for hydroxylation is 1. The molecule has 27 heavy (non-hydrogen) atoms. The zero-order valence-electron chi connectivity index (χ0n) is 15.7. The predicted octanol–water partition coefficient (Wildman–Crippen LogP) is 3.16. The Morgan fingerprint density at radius 1 is 1.26 bits per heavy atom. The van der Waals surface area contributed by atoms with Crippen molar-refractivity contribution in [3.8, 4) is 0 Å². The summed E-state index contributed by atoms with van der Waals surface area (Å²) in [6, 6.07) is 6.19. The molecule has 2 aromatic rings. The first kappa shape index (κ1) is 17.9. The molecule has 5 nitrogen and oxygen atoms in total. The van der Waals surface area contributed by atoms with E-state index in [1.165, 1.54) is 12.1 Å². The first-order valence-corrected chi connectivity index (χ1v) is 9.64. The summed E-state index contributed by atoms with van der Waals surface area (Å²) in [6.07, 6.45) is 2.71. The van der Waals surface area contributed by atoms with E-state index in [1.807, 2.05) is 9.80 Å². The number of fused-ring (bicyclic) bond motifs is 5. The number of hydrogen-bond donors (Lipinski definition) is 0. The molecular formula is C21H24FN3O2. The highest BCUT2D eigenvalue weighted by Crippen LogP contribution is 2.31. The lowest BCUT2D eigenvalue weighted by molar-refractivity contribution is -0.139. The van der Waals surface area contributed by atoms with E-state index in [4.69, 9.17) is 0 Å². The molecule has 1 aromatic carbocycles. The maximum atomic E-state index is 13.6. The largest absolute Gasteiger partial charge is 0.338 e. The van der Waals surface area contributed by atoms with Gasteiger partial charge in [-0.25, -0.2) is 4.39 Å². The maximum absolute atomic E-state index is 13.6. The van der Waals surface area contributed by atoms with Gasteiger partial charge in [-0.3, -0.25) is 14.6 Å². The van der Waals surface area contributed by atoms with Crippen LogP contribution in [0.25, 0.3) is 10.9 Å². The van der Waals surface area contributed by atoms with E-state index in [0.717, 1.165) is 25.8 Å². The zero-order chi connectivity index (χ0) is 19.1. The number of piperidine rings is 1. The number of halogens is 1. The maximum Gasteiger partial charge on any atom is 0.254 e. The van der Waals surface area contributed by atoms with Crippen LogP contribution < -0.4 is 0 Å². The summed E-state index contributed by atoms with van der Waals surface area (Å²) in [5.41, 5.74) is 1.70. The van der Waals surface area contributed by atoms with Crippen molar-refractivity contribution < 1.29 is 14.0 Å². The third-order valence-electron chi connectivity index (χ3n) is 5.68. The Bertz CT molecular complexity index is 908. The standard InChI is InChI=1S/C21H24FN3O2/c1-3-8-25-16-6-4-14(20(25)26)11-24(12-16)21(27)18-9-13(2)23-19-10-15(22)5-7-17(18)19/h5,7,9-10,14,16H,3-4,6,8,11-12H2,1-2H3/t14-,16+/m1/s1. The molecule has 0 N–H and O–H groups in total. The van der Waals surface area contributed by atoms with Crippen molar-refractivity contribution in [1.29, 1.82) is 0 Å². The van der Waals surface area contributed by atoms with Crippen molar-refractivity contribution in [2.24, 2.45) is 5.92 Å². The molecule has 4 heterocycles. The number of carbonyl (C=O) groups excluding carboxylic acids is 2. The molecule has 0 spiro atoms. The van der Waals surface area contributed by atoms with E-state index in [0.29, 0.717) is 35.2 Å². The lowest BCUT2D eigenvalue weighted by Gasteiger charge is -2.35. The van der Waals surface area contributed by atoms with E-state index in [-0.39, 0.29) is 29.6 Å². The number of aromatic nitrogens is 1. The first-order valence-electron chi connectivity index (χ1n) is 9.64. The van der Waals surface area contributed by atoms with Gasteiger partial charge in [-0.2, -0.15) is 0 Å². The van der Waals surface area contributed by atoms with Gasteiger partial charge in [0, 0.05) is 42.8 Å². The molecule has 6 heteroatoms. The lowest BCUT2D eigenvalue weighted by atomic mass is 9.94. The van der Waals surface area contributed by atoms with Crippen LogP contribution in [0.5, 0.6) is 0 Å². The van der Waals surface area contributed by atoms with Crippen LogP contribution in [0, 0.1) is 18.7 Å². The number of benzene rings is 1. The van der Waals surface area contributed by atoms with Crippen LogP contribution in [-0.4, -0.2) is 52.3 Å². The number of carbonyl (C=O) groups is 2. The third kappa shape index (κ3) is 3.17. The zero-order valence-corrected chi connectivity index (χ0v) is 15.7. The van der Waals surface area contributed by atoms with Crippen LogP contribution in [0.2, 0.25) is 0 Å². The summed E-state index contributed by atoms with van der Waals surface area (Å²) >= 11 is 0. The van der Waals surface area contributed by atoms with Crippen LogP contribution in [0.15, 0.2) is 24.3 Å². The van der Waals surface area contributed by atoms with Crippen molar-refractivity contribution in [2.45, 2.75) is 39.2 Å². The summed E-state index contributed by atoms with van der Waals surface area (Å²) in [5, 5.41) is 0.653. The molecule has 3 fully saturated rings. The van der Waals surface area contributed by atoms with Gasteiger partial charge in [0.2, 0.25) is 5.91 Å². The molecule has 0 unspecified atom stereocenters.